The molecule has 0 aliphatic carbocycles. The van der Waals surface area contributed by atoms with Crippen molar-refractivity contribution in [1.29, 1.82) is 0 Å². The summed E-state index contributed by atoms with van der Waals surface area (Å²) in [5.74, 6) is -3.37. The molecule has 5 N–H and O–H groups in total. The summed E-state index contributed by atoms with van der Waals surface area (Å²) in [5, 5.41) is 14.1. The first kappa shape index (κ1) is 29.6. The molecule has 220 valence electrons. The molecule has 1 fully saturated rings. The van der Waals surface area contributed by atoms with Crippen LogP contribution in [0.3, 0.4) is 0 Å². The Bertz CT molecular complexity index is 1730. The summed E-state index contributed by atoms with van der Waals surface area (Å²) in [6.45, 7) is 0. The number of carboxylic acids is 1. The van der Waals surface area contributed by atoms with Crippen LogP contribution in [0.25, 0.3) is 0 Å². The third-order valence-electron chi connectivity index (χ3n) is 6.61. The van der Waals surface area contributed by atoms with E-state index in [1.807, 2.05) is 4.98 Å². The lowest BCUT2D eigenvalue weighted by molar-refractivity contribution is -0.151. The highest BCUT2D eigenvalue weighted by atomic mass is 32.2. The molecular weight excluding hydrogens is 598 g/mol. The fraction of sp³-hybridized carbons (Fsp3) is 0.179. The number of amides is 3. The number of nitrogens with one attached hydrogen (secondary N) is 4. The highest BCUT2D eigenvalue weighted by molar-refractivity contribution is 8.14. The molecule has 3 heterocycles. The number of β-lactam (4-membered cyclic amide) rings is 1. The van der Waals surface area contributed by atoms with Crippen molar-refractivity contribution in [3.8, 4) is 0 Å². The van der Waals surface area contributed by atoms with Gasteiger partial charge in [0, 0.05) is 23.1 Å². The van der Waals surface area contributed by atoms with Gasteiger partial charge < -0.3 is 20.7 Å². The molecule has 0 saturated carbocycles. The number of aromatic amines is 2. The van der Waals surface area contributed by atoms with Gasteiger partial charge in [-0.25, -0.2) is 9.59 Å². The average molecular weight is 622 g/mol. The molecule has 0 spiro atoms. The van der Waals surface area contributed by atoms with Gasteiger partial charge in [0.25, 0.3) is 17.4 Å². The van der Waals surface area contributed by atoms with Crippen LogP contribution in [0.1, 0.15) is 32.5 Å². The number of aromatic nitrogens is 2. The minimum Gasteiger partial charge on any atom is -0.477 e. The van der Waals surface area contributed by atoms with E-state index in [1.54, 1.807) is 60.7 Å². The van der Waals surface area contributed by atoms with Crippen LogP contribution >= 0.6 is 23.5 Å². The second-order valence-corrected chi connectivity index (χ2v) is 11.5. The van der Waals surface area contributed by atoms with Crippen molar-refractivity contribution in [3.05, 3.63) is 116 Å². The average Bonchev–Trinajstić information content (AvgIpc) is 3.00. The zero-order valence-corrected chi connectivity index (χ0v) is 23.7. The van der Waals surface area contributed by atoms with Gasteiger partial charge in [-0.05, 0) is 11.1 Å². The van der Waals surface area contributed by atoms with E-state index in [2.05, 4.69) is 15.6 Å². The topological polar surface area (TPSA) is 199 Å². The number of carboxylic acid groups (broad SMARTS) is 1. The molecule has 2 unspecified atom stereocenters. The number of nitrogens with zero attached hydrogens (tertiary/aromatic N) is 1. The molecule has 15 heteroatoms. The number of hydrogen-bond donors (Lipinski definition) is 5. The Balaban J connectivity index is 1.31. The normalized spacial score (nSPS) is 18.2. The summed E-state index contributed by atoms with van der Waals surface area (Å²) >= 11 is 2.18. The Morgan fingerprint density at radius 1 is 1.00 bits per heavy atom. The van der Waals surface area contributed by atoms with E-state index in [-0.39, 0.29) is 28.0 Å². The molecule has 3 aromatic rings. The molecule has 0 radical (unpaired) electrons. The summed E-state index contributed by atoms with van der Waals surface area (Å²) in [6.07, 6.45) is 0. The van der Waals surface area contributed by atoms with Gasteiger partial charge in [-0.1, -0.05) is 72.4 Å². The summed E-state index contributed by atoms with van der Waals surface area (Å²) in [5.41, 5.74) is -1.08. The minimum atomic E-state index is -1.33. The van der Waals surface area contributed by atoms with Crippen LogP contribution in [0.2, 0.25) is 0 Å². The SMILES string of the molecule is O=C(O)C1=C(CSC(=O)c2ccccc2)CS[C@H]2C(NC(=O)C(NC(=O)c3cc(=O)[nH]c(=O)[nH]3)c3ccccc3)C(=O)N12. The van der Waals surface area contributed by atoms with E-state index < -0.39 is 52.4 Å². The molecule has 13 nitrogen and oxygen atoms in total. The summed E-state index contributed by atoms with van der Waals surface area (Å²) in [6, 6.07) is 15.1. The van der Waals surface area contributed by atoms with Crippen LogP contribution in [-0.4, -0.2) is 71.7 Å². The van der Waals surface area contributed by atoms with E-state index >= 15 is 0 Å². The molecule has 2 aliphatic rings. The van der Waals surface area contributed by atoms with Gasteiger partial charge in [0.2, 0.25) is 11.0 Å². The molecule has 3 amide bonds. The highest BCUT2D eigenvalue weighted by Gasteiger charge is 2.54. The van der Waals surface area contributed by atoms with Gasteiger partial charge in [0.1, 0.15) is 28.8 Å². The quantitative estimate of drug-likeness (QED) is 0.214. The number of fused-ring (bicyclic) bond motifs is 1. The van der Waals surface area contributed by atoms with Gasteiger partial charge in [0.05, 0.1) is 0 Å². The van der Waals surface area contributed by atoms with Crippen LogP contribution in [0.5, 0.6) is 0 Å². The number of hydrogen-bond acceptors (Lipinski definition) is 9. The van der Waals surface area contributed by atoms with Gasteiger partial charge in [-0.3, -0.25) is 33.9 Å². The van der Waals surface area contributed by atoms with E-state index in [0.717, 1.165) is 22.7 Å². The fourth-order valence-corrected chi connectivity index (χ4v) is 6.91. The van der Waals surface area contributed by atoms with Crippen LogP contribution in [0, 0.1) is 0 Å². The summed E-state index contributed by atoms with van der Waals surface area (Å²) in [4.78, 5) is 92.8. The predicted molar refractivity (Wildman–Crippen MR) is 157 cm³/mol. The second-order valence-electron chi connectivity index (χ2n) is 9.41. The second kappa shape index (κ2) is 12.5. The van der Waals surface area contributed by atoms with Gasteiger partial charge >= 0.3 is 11.7 Å². The Morgan fingerprint density at radius 2 is 1.67 bits per heavy atom. The number of thioether (sulfide) groups is 2. The molecule has 1 saturated heterocycles. The molecule has 2 aromatic carbocycles. The number of aliphatic carboxylic acids is 1. The Hall–Kier alpha value is -4.89. The molecule has 0 bridgehead atoms. The monoisotopic (exact) mass is 621 g/mol. The van der Waals surface area contributed by atoms with Crippen LogP contribution in [0.4, 0.5) is 0 Å². The lowest BCUT2D eigenvalue weighted by atomic mass is 10.0. The van der Waals surface area contributed by atoms with Crippen molar-refractivity contribution < 1.29 is 29.1 Å². The summed E-state index contributed by atoms with van der Waals surface area (Å²) < 4.78 is 0. The smallest absolute Gasteiger partial charge is 0.352 e. The molecular formula is C28H23N5O8S2. The first-order chi connectivity index (χ1) is 20.6. The maximum atomic E-state index is 13.4. The molecule has 5 rings (SSSR count). The van der Waals surface area contributed by atoms with Crippen molar-refractivity contribution in [2.45, 2.75) is 17.5 Å². The highest BCUT2D eigenvalue weighted by Crippen LogP contribution is 2.41. The Morgan fingerprint density at radius 3 is 2.33 bits per heavy atom. The van der Waals surface area contributed by atoms with Crippen molar-refractivity contribution in [1.82, 2.24) is 25.5 Å². The number of H-pyrrole nitrogens is 2. The Labute approximate surface area is 251 Å². The van der Waals surface area contributed by atoms with Crippen LogP contribution in [0.15, 0.2) is 87.6 Å². The van der Waals surface area contributed by atoms with E-state index in [0.29, 0.717) is 16.7 Å². The van der Waals surface area contributed by atoms with Crippen LogP contribution < -0.4 is 21.9 Å². The first-order valence-electron chi connectivity index (χ1n) is 12.8. The molecule has 2 aliphatic heterocycles. The number of benzene rings is 2. The van der Waals surface area contributed by atoms with E-state index in [1.165, 1.54) is 11.8 Å². The van der Waals surface area contributed by atoms with E-state index in [4.69, 9.17) is 0 Å². The number of carbonyl (C=O) groups excluding carboxylic acids is 4. The fourth-order valence-electron chi connectivity index (χ4n) is 4.59. The van der Waals surface area contributed by atoms with Crippen LogP contribution in [-0.2, 0) is 14.4 Å². The lowest BCUT2D eigenvalue weighted by Gasteiger charge is -2.49. The summed E-state index contributed by atoms with van der Waals surface area (Å²) in [7, 11) is 0. The third-order valence-corrected chi connectivity index (χ3v) is 8.94. The van der Waals surface area contributed by atoms with Crippen molar-refractivity contribution in [3.63, 3.8) is 0 Å². The van der Waals surface area contributed by atoms with Gasteiger partial charge in [0.15, 0.2) is 0 Å². The minimum absolute atomic E-state index is 0.0718. The van der Waals surface area contributed by atoms with Gasteiger partial charge in [-0.15, -0.1) is 11.8 Å². The zero-order chi connectivity index (χ0) is 30.7. The maximum Gasteiger partial charge on any atom is 0.352 e. The van der Waals surface area contributed by atoms with Gasteiger partial charge in [-0.2, -0.15) is 0 Å². The largest absolute Gasteiger partial charge is 0.477 e. The van der Waals surface area contributed by atoms with E-state index in [9.17, 15) is 38.7 Å². The maximum absolute atomic E-state index is 13.4. The van der Waals surface area contributed by atoms with Crippen molar-refractivity contribution >= 4 is 52.3 Å². The lowest BCUT2D eigenvalue weighted by Crippen LogP contribution is -2.71. The Kier molecular flexibility index (Phi) is 8.63. The standard InChI is InChI=1S/C28H23N5O8S2/c34-18-11-17(29-28(41)30-18)22(35)31-19(14-7-3-1-4-8-14)23(36)32-20-24(37)33-21(26(38)39)16(12-42-25(20)33)13-43-27(40)15-9-5-2-6-10-15/h1-11,19-20,25H,12-13H2,(H,31,35)(H,32,36)(H,38,39)(H2,29,30,34,41)/t19?,20?,25-/m0/s1. The zero-order valence-electron chi connectivity index (χ0n) is 22.1. The van der Waals surface area contributed by atoms with Crippen molar-refractivity contribution in [2.24, 2.45) is 0 Å². The molecule has 43 heavy (non-hydrogen) atoms. The number of rotatable bonds is 9. The van der Waals surface area contributed by atoms with Crippen molar-refractivity contribution in [2.75, 3.05) is 11.5 Å². The molecule has 3 atom stereocenters. The molecule has 1 aromatic heterocycles. The number of carbonyl (C=O) groups is 5. The predicted octanol–water partition coefficient (Wildman–Crippen LogP) is 0.846. The third kappa shape index (κ3) is 6.32. The first-order valence-corrected chi connectivity index (χ1v) is 14.8.